The number of hydrogen-bond acceptors (Lipinski definition) is 3. The molecular weight excluding hydrogens is 378 g/mol. The number of anilines is 1. The third-order valence-electron chi connectivity index (χ3n) is 5.04. The Kier molecular flexibility index (Phi) is 6.87. The second-order valence-corrected chi connectivity index (χ2v) is 7.58. The maximum atomic E-state index is 12.4. The maximum Gasteiger partial charge on any atom is 0.248 e. The topological polar surface area (TPSA) is 82.3 Å². The van der Waals surface area contributed by atoms with Crippen LogP contribution in [-0.4, -0.2) is 34.8 Å². The molecule has 0 radical (unpaired) electrons. The van der Waals surface area contributed by atoms with Crippen LogP contribution in [0.25, 0.3) is 0 Å². The third kappa shape index (κ3) is 5.96. The highest BCUT2D eigenvalue weighted by Gasteiger charge is 2.23. The maximum absolute atomic E-state index is 12.4. The lowest BCUT2D eigenvalue weighted by Gasteiger charge is -2.32. The number of H-pyrrole nitrogens is 1. The van der Waals surface area contributed by atoms with Crippen LogP contribution in [0.1, 0.15) is 31.2 Å². The Labute approximate surface area is 168 Å². The number of aromatic nitrogens is 1. The van der Waals surface area contributed by atoms with Crippen molar-refractivity contribution in [3.05, 3.63) is 63.5 Å². The van der Waals surface area contributed by atoms with Crippen LogP contribution in [-0.2, 0) is 16.0 Å². The van der Waals surface area contributed by atoms with Gasteiger partial charge in [-0.05, 0) is 48.9 Å². The van der Waals surface area contributed by atoms with Gasteiger partial charge in [-0.1, -0.05) is 23.7 Å². The summed E-state index contributed by atoms with van der Waals surface area (Å²) in [4.78, 5) is 39.7. The molecule has 0 unspecified atom stereocenters. The van der Waals surface area contributed by atoms with Gasteiger partial charge in [0.25, 0.3) is 0 Å². The van der Waals surface area contributed by atoms with Gasteiger partial charge < -0.3 is 15.2 Å². The van der Waals surface area contributed by atoms with E-state index in [9.17, 15) is 14.4 Å². The Morgan fingerprint density at radius 2 is 1.79 bits per heavy atom. The minimum absolute atomic E-state index is 0.0153. The zero-order valence-electron chi connectivity index (χ0n) is 15.6. The highest BCUT2D eigenvalue weighted by molar-refractivity contribution is 6.30. The van der Waals surface area contributed by atoms with Crippen LogP contribution >= 0.6 is 11.6 Å². The highest BCUT2D eigenvalue weighted by atomic mass is 35.5. The number of nitrogens with one attached hydrogen (secondary N) is 2. The number of piperidine rings is 1. The van der Waals surface area contributed by atoms with Gasteiger partial charge in [-0.2, -0.15) is 0 Å². The van der Waals surface area contributed by atoms with Crippen LogP contribution in [0.5, 0.6) is 0 Å². The molecule has 0 saturated carbocycles. The molecule has 28 heavy (non-hydrogen) atoms. The number of benzene rings is 1. The van der Waals surface area contributed by atoms with E-state index in [0.717, 1.165) is 37.4 Å². The Morgan fingerprint density at radius 3 is 2.43 bits per heavy atom. The summed E-state index contributed by atoms with van der Waals surface area (Å²) in [5.41, 5.74) is 1.56. The van der Waals surface area contributed by atoms with E-state index >= 15 is 0 Å². The average Bonchev–Trinajstić information content (AvgIpc) is 2.70. The van der Waals surface area contributed by atoms with Gasteiger partial charge in [0, 0.05) is 43.2 Å². The van der Waals surface area contributed by atoms with Crippen LogP contribution in [0, 0.1) is 5.92 Å². The van der Waals surface area contributed by atoms with Crippen LogP contribution < -0.4 is 10.9 Å². The SMILES string of the molecule is O=C(CCC(=O)N1CCC(Cc2ccc(Cl)cc2)CC1)Nc1ccc(=O)[nH]c1. The van der Waals surface area contributed by atoms with Crippen molar-refractivity contribution in [2.24, 2.45) is 5.92 Å². The molecule has 0 spiro atoms. The van der Waals surface area contributed by atoms with Crippen LogP contribution in [0.3, 0.4) is 0 Å². The number of amides is 2. The predicted octanol–water partition coefficient (Wildman–Crippen LogP) is 3.23. The van der Waals surface area contributed by atoms with Crippen molar-refractivity contribution >= 4 is 29.1 Å². The molecule has 1 aromatic carbocycles. The van der Waals surface area contributed by atoms with E-state index in [1.165, 1.54) is 23.9 Å². The summed E-state index contributed by atoms with van der Waals surface area (Å²) < 4.78 is 0. The minimum atomic E-state index is -0.238. The Hall–Kier alpha value is -2.60. The van der Waals surface area contributed by atoms with Gasteiger partial charge in [0.1, 0.15) is 0 Å². The predicted molar refractivity (Wildman–Crippen MR) is 109 cm³/mol. The number of halogens is 1. The number of aromatic amines is 1. The first-order valence-corrected chi connectivity index (χ1v) is 9.88. The van der Waals surface area contributed by atoms with Crippen LogP contribution in [0.2, 0.25) is 5.02 Å². The molecule has 2 heterocycles. The van der Waals surface area contributed by atoms with Crippen molar-refractivity contribution in [1.29, 1.82) is 0 Å². The molecule has 1 aliphatic rings. The molecule has 7 heteroatoms. The Bertz CT molecular complexity index is 851. The summed E-state index contributed by atoms with van der Waals surface area (Å²) in [6, 6.07) is 10.8. The quantitative estimate of drug-likeness (QED) is 0.779. The molecule has 1 fully saturated rings. The average molecular weight is 402 g/mol. The van der Waals surface area contributed by atoms with E-state index in [1.54, 1.807) is 0 Å². The van der Waals surface area contributed by atoms with Crippen molar-refractivity contribution in [1.82, 2.24) is 9.88 Å². The fourth-order valence-corrected chi connectivity index (χ4v) is 3.56. The molecule has 1 aromatic heterocycles. The Morgan fingerprint density at radius 1 is 1.07 bits per heavy atom. The van der Waals surface area contributed by atoms with Crippen molar-refractivity contribution in [3.8, 4) is 0 Å². The molecule has 2 amide bonds. The second-order valence-electron chi connectivity index (χ2n) is 7.14. The zero-order chi connectivity index (χ0) is 19.9. The van der Waals surface area contributed by atoms with Crippen molar-refractivity contribution in [2.75, 3.05) is 18.4 Å². The van der Waals surface area contributed by atoms with E-state index in [2.05, 4.69) is 22.4 Å². The Balaban J connectivity index is 1.38. The molecule has 3 rings (SSSR count). The lowest BCUT2D eigenvalue weighted by Crippen LogP contribution is -2.39. The second kappa shape index (κ2) is 9.55. The van der Waals surface area contributed by atoms with E-state index in [-0.39, 0.29) is 30.2 Å². The van der Waals surface area contributed by atoms with E-state index in [4.69, 9.17) is 11.6 Å². The summed E-state index contributed by atoms with van der Waals surface area (Å²) in [6.45, 7) is 1.47. The normalized spacial score (nSPS) is 14.7. The van der Waals surface area contributed by atoms with Gasteiger partial charge >= 0.3 is 0 Å². The van der Waals surface area contributed by atoms with Crippen molar-refractivity contribution in [3.63, 3.8) is 0 Å². The largest absolute Gasteiger partial charge is 0.343 e. The number of hydrogen-bond donors (Lipinski definition) is 2. The molecule has 0 atom stereocenters. The molecular formula is C21H24ClN3O3. The first-order valence-electron chi connectivity index (χ1n) is 9.50. The molecule has 148 valence electrons. The molecule has 0 bridgehead atoms. The minimum Gasteiger partial charge on any atom is -0.343 e. The number of likely N-dealkylation sites (tertiary alicyclic amines) is 1. The van der Waals surface area contributed by atoms with E-state index in [1.807, 2.05) is 17.0 Å². The zero-order valence-corrected chi connectivity index (χ0v) is 16.4. The summed E-state index contributed by atoms with van der Waals surface area (Å²) >= 11 is 5.93. The first-order chi connectivity index (χ1) is 13.5. The summed E-state index contributed by atoms with van der Waals surface area (Å²) in [5, 5.41) is 3.42. The van der Waals surface area contributed by atoms with Gasteiger partial charge in [0.15, 0.2) is 0 Å². The first kappa shape index (κ1) is 20.1. The number of carbonyl (C=O) groups is 2. The number of rotatable bonds is 6. The summed E-state index contributed by atoms with van der Waals surface area (Å²) in [5.74, 6) is 0.341. The van der Waals surface area contributed by atoms with E-state index < -0.39 is 0 Å². The summed E-state index contributed by atoms with van der Waals surface area (Å²) in [7, 11) is 0. The van der Waals surface area contributed by atoms with Gasteiger partial charge in [-0.3, -0.25) is 14.4 Å². The third-order valence-corrected chi connectivity index (χ3v) is 5.29. The van der Waals surface area contributed by atoms with E-state index in [0.29, 0.717) is 11.6 Å². The highest BCUT2D eigenvalue weighted by Crippen LogP contribution is 2.23. The number of carbonyl (C=O) groups excluding carboxylic acids is 2. The van der Waals surface area contributed by atoms with Gasteiger partial charge in [0.2, 0.25) is 17.4 Å². The van der Waals surface area contributed by atoms with Gasteiger partial charge in [0.05, 0.1) is 5.69 Å². The number of nitrogens with zero attached hydrogens (tertiary/aromatic N) is 1. The van der Waals surface area contributed by atoms with Gasteiger partial charge in [-0.15, -0.1) is 0 Å². The fourth-order valence-electron chi connectivity index (χ4n) is 3.43. The molecule has 0 aliphatic carbocycles. The van der Waals surface area contributed by atoms with Crippen molar-refractivity contribution < 1.29 is 9.59 Å². The molecule has 6 nitrogen and oxygen atoms in total. The summed E-state index contributed by atoms with van der Waals surface area (Å²) in [6.07, 6.45) is 4.70. The molecule has 1 saturated heterocycles. The number of pyridine rings is 1. The van der Waals surface area contributed by atoms with Gasteiger partial charge in [-0.25, -0.2) is 0 Å². The monoisotopic (exact) mass is 401 g/mol. The van der Waals surface area contributed by atoms with Crippen LogP contribution in [0.4, 0.5) is 5.69 Å². The lowest BCUT2D eigenvalue weighted by molar-refractivity contribution is -0.134. The lowest BCUT2D eigenvalue weighted by atomic mass is 9.90. The molecule has 2 aromatic rings. The van der Waals surface area contributed by atoms with Crippen LogP contribution in [0.15, 0.2) is 47.4 Å². The van der Waals surface area contributed by atoms with Crippen molar-refractivity contribution in [2.45, 2.75) is 32.1 Å². The fraction of sp³-hybridized carbons (Fsp3) is 0.381. The smallest absolute Gasteiger partial charge is 0.248 e. The molecule has 2 N–H and O–H groups in total. The molecule has 1 aliphatic heterocycles. The standard InChI is InChI=1S/C21H24ClN3O3/c22-17-3-1-15(2-4-17)13-16-9-11-25(12-10-16)21(28)8-7-20(27)24-18-5-6-19(26)23-14-18/h1-6,14,16H,7-13H2,(H,23,26)(H,24,27).